The Balaban J connectivity index is 1.74. The van der Waals surface area contributed by atoms with Crippen LogP contribution in [-0.4, -0.2) is 56.6 Å². The molecule has 3 rings (SSSR count). The molecule has 0 aliphatic heterocycles. The fraction of sp³-hybridized carbons (Fsp3) is 0.533. The van der Waals surface area contributed by atoms with Crippen molar-refractivity contribution >= 4 is 27.5 Å². The van der Waals surface area contributed by atoms with E-state index < -0.39 is 16.1 Å². The van der Waals surface area contributed by atoms with Crippen LogP contribution in [-0.2, 0) is 26.2 Å². The number of anilines is 1. The fourth-order valence-corrected chi connectivity index (χ4v) is 6.14. The van der Waals surface area contributed by atoms with E-state index in [2.05, 4.69) is 5.32 Å². The van der Waals surface area contributed by atoms with Gasteiger partial charge in [0, 0.05) is 25.6 Å². The summed E-state index contributed by atoms with van der Waals surface area (Å²) in [7, 11) is -3.56. The molecule has 1 saturated carbocycles. The molecule has 1 fully saturated rings. The maximum absolute atomic E-state index is 13.6. The second-order valence-corrected chi connectivity index (χ2v) is 12.2. The van der Waals surface area contributed by atoms with Gasteiger partial charge < -0.3 is 15.0 Å². The molecule has 0 heterocycles. The molecular formula is C30H43N3O5S. The van der Waals surface area contributed by atoms with Crippen LogP contribution in [0.5, 0.6) is 5.75 Å². The number of sulfonamides is 1. The molecule has 214 valence electrons. The van der Waals surface area contributed by atoms with Crippen molar-refractivity contribution in [2.24, 2.45) is 0 Å². The van der Waals surface area contributed by atoms with Crippen LogP contribution in [0.4, 0.5) is 5.69 Å². The van der Waals surface area contributed by atoms with Crippen LogP contribution in [0.15, 0.2) is 48.5 Å². The molecule has 0 radical (unpaired) electrons. The average Bonchev–Trinajstić information content (AvgIpc) is 3.39. The Morgan fingerprint density at radius 2 is 1.77 bits per heavy atom. The molecule has 39 heavy (non-hydrogen) atoms. The van der Waals surface area contributed by atoms with Gasteiger partial charge in [-0.3, -0.25) is 13.9 Å². The minimum atomic E-state index is -3.56. The Kier molecular flexibility index (Phi) is 11.2. The largest absolute Gasteiger partial charge is 0.494 e. The van der Waals surface area contributed by atoms with Crippen LogP contribution in [0, 0.1) is 6.92 Å². The summed E-state index contributed by atoms with van der Waals surface area (Å²) in [6.45, 7) is 6.81. The zero-order valence-electron chi connectivity index (χ0n) is 23.7. The molecule has 0 spiro atoms. The number of carbonyl (C=O) groups excluding carboxylic acids is 2. The molecule has 1 N–H and O–H groups in total. The van der Waals surface area contributed by atoms with E-state index in [-0.39, 0.29) is 30.8 Å². The van der Waals surface area contributed by atoms with Gasteiger partial charge in [-0.2, -0.15) is 0 Å². The first-order chi connectivity index (χ1) is 18.6. The van der Waals surface area contributed by atoms with Gasteiger partial charge >= 0.3 is 0 Å². The topological polar surface area (TPSA) is 96.0 Å². The summed E-state index contributed by atoms with van der Waals surface area (Å²) in [5.74, 6) is 0.390. The van der Waals surface area contributed by atoms with Crippen LogP contribution in [0.1, 0.15) is 69.9 Å². The predicted molar refractivity (Wildman–Crippen MR) is 155 cm³/mol. The van der Waals surface area contributed by atoms with Crippen LogP contribution in [0.25, 0.3) is 0 Å². The predicted octanol–water partition coefficient (Wildman–Crippen LogP) is 4.81. The average molecular weight is 558 g/mol. The van der Waals surface area contributed by atoms with Gasteiger partial charge in [0.1, 0.15) is 11.8 Å². The van der Waals surface area contributed by atoms with E-state index in [0.717, 1.165) is 43.1 Å². The number of aryl methyl sites for hydroxylation is 1. The Bertz CT molecular complexity index is 1190. The number of rotatable bonds is 14. The van der Waals surface area contributed by atoms with Crippen LogP contribution in [0.2, 0.25) is 0 Å². The van der Waals surface area contributed by atoms with E-state index >= 15 is 0 Å². The van der Waals surface area contributed by atoms with Crippen molar-refractivity contribution in [3.63, 3.8) is 0 Å². The summed E-state index contributed by atoms with van der Waals surface area (Å²) >= 11 is 0. The van der Waals surface area contributed by atoms with Crippen LogP contribution in [0.3, 0.4) is 0 Å². The second kappa shape index (κ2) is 14.4. The highest BCUT2D eigenvalue weighted by Gasteiger charge is 2.30. The van der Waals surface area contributed by atoms with E-state index in [1.54, 1.807) is 29.2 Å². The number of hydrogen-bond donors (Lipinski definition) is 1. The van der Waals surface area contributed by atoms with E-state index in [4.69, 9.17) is 4.74 Å². The zero-order chi connectivity index (χ0) is 28.4. The Hall–Kier alpha value is -3.07. The van der Waals surface area contributed by atoms with Gasteiger partial charge in [0.2, 0.25) is 21.8 Å². The number of ether oxygens (including phenoxy) is 1. The van der Waals surface area contributed by atoms with E-state index in [0.29, 0.717) is 37.4 Å². The molecule has 8 nitrogen and oxygen atoms in total. The monoisotopic (exact) mass is 557 g/mol. The zero-order valence-corrected chi connectivity index (χ0v) is 24.5. The smallest absolute Gasteiger partial charge is 0.243 e. The van der Waals surface area contributed by atoms with Gasteiger partial charge in [0.15, 0.2) is 0 Å². The first-order valence-corrected chi connectivity index (χ1v) is 15.8. The maximum atomic E-state index is 13.6. The number of nitrogens with one attached hydrogen (secondary N) is 1. The second-order valence-electron chi connectivity index (χ2n) is 10.3. The quantitative estimate of drug-likeness (QED) is 0.360. The summed E-state index contributed by atoms with van der Waals surface area (Å²) in [6, 6.07) is 14.4. The maximum Gasteiger partial charge on any atom is 0.243 e. The molecule has 0 aromatic heterocycles. The Morgan fingerprint density at radius 1 is 1.08 bits per heavy atom. The molecule has 2 aromatic rings. The van der Waals surface area contributed by atoms with Crippen LogP contribution >= 0.6 is 0 Å². The van der Waals surface area contributed by atoms with Crippen molar-refractivity contribution in [3.8, 4) is 5.75 Å². The van der Waals surface area contributed by atoms with Crippen molar-refractivity contribution in [3.05, 3.63) is 59.7 Å². The molecule has 0 bridgehead atoms. The molecule has 0 unspecified atom stereocenters. The third-order valence-electron chi connectivity index (χ3n) is 7.11. The minimum Gasteiger partial charge on any atom is -0.494 e. The SMILES string of the molecule is CCOc1ccc(N(CCCC(=O)N(Cc2cccc(C)c2)[C@@H](CC)C(=O)NC2CCCC2)S(C)(=O)=O)cc1. The first kappa shape index (κ1) is 30.5. The summed E-state index contributed by atoms with van der Waals surface area (Å²) in [5.41, 5.74) is 2.57. The highest BCUT2D eigenvalue weighted by Crippen LogP contribution is 2.23. The molecule has 2 amide bonds. The number of amides is 2. The molecule has 9 heteroatoms. The van der Waals surface area contributed by atoms with Gasteiger partial charge in [-0.25, -0.2) is 8.42 Å². The third kappa shape index (κ3) is 8.98. The lowest BCUT2D eigenvalue weighted by atomic mass is 10.1. The van der Waals surface area contributed by atoms with E-state index in [1.165, 1.54) is 4.31 Å². The summed E-state index contributed by atoms with van der Waals surface area (Å²) in [4.78, 5) is 28.6. The lowest BCUT2D eigenvalue weighted by Crippen LogP contribution is -2.51. The number of nitrogens with zero attached hydrogens (tertiary/aromatic N) is 2. The number of carbonyl (C=O) groups is 2. The Morgan fingerprint density at radius 3 is 2.36 bits per heavy atom. The molecule has 1 atom stereocenters. The highest BCUT2D eigenvalue weighted by atomic mass is 32.2. The van der Waals surface area contributed by atoms with Crippen LogP contribution < -0.4 is 14.4 Å². The highest BCUT2D eigenvalue weighted by molar-refractivity contribution is 7.92. The molecule has 1 aliphatic carbocycles. The molecular weight excluding hydrogens is 514 g/mol. The van der Waals surface area contributed by atoms with Crippen molar-refractivity contribution in [1.29, 1.82) is 0 Å². The van der Waals surface area contributed by atoms with Gasteiger partial charge in [-0.15, -0.1) is 0 Å². The van der Waals surface area contributed by atoms with Crippen molar-refractivity contribution in [2.75, 3.05) is 23.7 Å². The lowest BCUT2D eigenvalue weighted by molar-refractivity contribution is -0.141. The van der Waals surface area contributed by atoms with Crippen molar-refractivity contribution in [2.45, 2.75) is 84.3 Å². The molecule has 2 aromatic carbocycles. The number of hydrogen-bond acceptors (Lipinski definition) is 5. The third-order valence-corrected chi connectivity index (χ3v) is 8.30. The number of benzene rings is 2. The van der Waals surface area contributed by atoms with Crippen molar-refractivity contribution in [1.82, 2.24) is 10.2 Å². The first-order valence-electron chi connectivity index (χ1n) is 14.0. The van der Waals surface area contributed by atoms with Gasteiger partial charge in [-0.1, -0.05) is 49.6 Å². The normalized spacial score (nSPS) is 14.6. The van der Waals surface area contributed by atoms with Gasteiger partial charge in [-0.05, 0) is 69.4 Å². The summed E-state index contributed by atoms with van der Waals surface area (Å²) in [6.07, 6.45) is 6.28. The minimum absolute atomic E-state index is 0.113. The summed E-state index contributed by atoms with van der Waals surface area (Å²) in [5, 5.41) is 3.16. The van der Waals surface area contributed by atoms with Crippen molar-refractivity contribution < 1.29 is 22.7 Å². The van der Waals surface area contributed by atoms with Gasteiger partial charge in [0.05, 0.1) is 18.6 Å². The fourth-order valence-electron chi connectivity index (χ4n) is 5.17. The molecule has 0 saturated heterocycles. The Labute approximate surface area is 233 Å². The lowest BCUT2D eigenvalue weighted by Gasteiger charge is -2.32. The molecule has 1 aliphatic rings. The summed E-state index contributed by atoms with van der Waals surface area (Å²) < 4.78 is 31.9. The van der Waals surface area contributed by atoms with E-state index in [9.17, 15) is 18.0 Å². The van der Waals surface area contributed by atoms with Gasteiger partial charge in [0.25, 0.3) is 0 Å². The standard InChI is InChI=1S/C30H43N3O5S/c1-5-28(30(35)31-25-13-7-8-14-25)32(22-24-12-9-11-23(3)21-24)29(34)15-10-20-33(39(4,36)37)26-16-18-27(19-17-26)38-6-2/h9,11-12,16-19,21,25,28H,5-8,10,13-15,20,22H2,1-4H3,(H,31,35)/t28-/m0/s1. The van der Waals surface area contributed by atoms with E-state index in [1.807, 2.05) is 45.0 Å².